The van der Waals surface area contributed by atoms with E-state index in [1.807, 2.05) is 0 Å². The van der Waals surface area contributed by atoms with Gasteiger partial charge in [-0.25, -0.2) is 12.8 Å². The van der Waals surface area contributed by atoms with E-state index in [4.69, 9.17) is 0 Å². The molecule has 2 N–H and O–H groups in total. The van der Waals surface area contributed by atoms with Crippen LogP contribution in [0.25, 0.3) is 0 Å². The van der Waals surface area contributed by atoms with E-state index in [1.165, 1.54) is 29.5 Å². The van der Waals surface area contributed by atoms with Crippen molar-refractivity contribution >= 4 is 43.0 Å². The van der Waals surface area contributed by atoms with Gasteiger partial charge in [-0.2, -0.15) is 0 Å². The molecule has 108 valence electrons. The Morgan fingerprint density at radius 3 is 2.75 bits per heavy atom. The van der Waals surface area contributed by atoms with Crippen LogP contribution in [0.1, 0.15) is 4.88 Å². The maximum absolute atomic E-state index is 13.1. The van der Waals surface area contributed by atoms with E-state index < -0.39 is 15.8 Å². The lowest BCUT2D eigenvalue weighted by Crippen LogP contribution is -2.15. The van der Waals surface area contributed by atoms with Gasteiger partial charge >= 0.3 is 0 Å². The molecular formula is C12H12BrFN2O2S2. The second-order valence-electron chi connectivity index (χ2n) is 3.97. The van der Waals surface area contributed by atoms with Crippen LogP contribution in [0.3, 0.4) is 0 Å². The number of anilines is 1. The van der Waals surface area contributed by atoms with E-state index in [0.29, 0.717) is 12.2 Å². The normalized spacial score (nSPS) is 11.6. The van der Waals surface area contributed by atoms with Gasteiger partial charge in [0.25, 0.3) is 10.0 Å². The highest BCUT2D eigenvalue weighted by Crippen LogP contribution is 2.26. The highest BCUT2D eigenvalue weighted by Gasteiger charge is 2.19. The van der Waals surface area contributed by atoms with E-state index in [9.17, 15) is 12.8 Å². The standard InChI is InChI=1S/C12H12BrFN2O2S2/c1-15-7-11-12(4-5-19-11)20(17,18)16-8-2-3-10(14)9(13)6-8/h2-6,15-16H,7H2,1H3. The summed E-state index contributed by atoms with van der Waals surface area (Å²) in [7, 11) is -1.92. The van der Waals surface area contributed by atoms with Gasteiger partial charge in [-0.3, -0.25) is 4.72 Å². The molecule has 4 nitrogen and oxygen atoms in total. The predicted octanol–water partition coefficient (Wildman–Crippen LogP) is 3.17. The molecule has 1 heterocycles. The Hall–Kier alpha value is -0.960. The fourth-order valence-corrected chi connectivity index (χ4v) is 4.51. The summed E-state index contributed by atoms with van der Waals surface area (Å²) in [6.45, 7) is 0.473. The first-order valence-electron chi connectivity index (χ1n) is 5.63. The largest absolute Gasteiger partial charge is 0.315 e. The van der Waals surface area contributed by atoms with E-state index in [-0.39, 0.29) is 9.37 Å². The average Bonchev–Trinajstić information content (AvgIpc) is 2.83. The summed E-state index contributed by atoms with van der Waals surface area (Å²) in [6.07, 6.45) is 0. The van der Waals surface area contributed by atoms with Crippen molar-refractivity contribution in [3.05, 3.63) is 44.8 Å². The fourth-order valence-electron chi connectivity index (χ4n) is 1.63. The Kier molecular flexibility index (Phi) is 4.79. The lowest BCUT2D eigenvalue weighted by Gasteiger charge is -2.09. The summed E-state index contributed by atoms with van der Waals surface area (Å²) in [4.78, 5) is 0.957. The number of nitrogens with one attached hydrogen (secondary N) is 2. The van der Waals surface area contributed by atoms with Crippen LogP contribution in [0.5, 0.6) is 0 Å². The minimum atomic E-state index is -3.68. The van der Waals surface area contributed by atoms with Gasteiger partial charge in [-0.15, -0.1) is 11.3 Å². The predicted molar refractivity (Wildman–Crippen MR) is 82.0 cm³/mol. The van der Waals surface area contributed by atoms with Crippen LogP contribution in [0.2, 0.25) is 0 Å². The van der Waals surface area contributed by atoms with Gasteiger partial charge in [0.2, 0.25) is 0 Å². The van der Waals surface area contributed by atoms with Crippen molar-refractivity contribution in [2.45, 2.75) is 11.4 Å². The van der Waals surface area contributed by atoms with Crippen LogP contribution in [-0.4, -0.2) is 15.5 Å². The maximum atomic E-state index is 13.1. The molecule has 0 amide bonds. The van der Waals surface area contributed by atoms with Crippen molar-refractivity contribution in [2.75, 3.05) is 11.8 Å². The fraction of sp³-hybridized carbons (Fsp3) is 0.167. The van der Waals surface area contributed by atoms with E-state index in [0.717, 1.165) is 4.88 Å². The topological polar surface area (TPSA) is 58.2 Å². The van der Waals surface area contributed by atoms with Crippen molar-refractivity contribution in [2.24, 2.45) is 0 Å². The molecule has 0 bridgehead atoms. The molecule has 0 aliphatic carbocycles. The number of hydrogen-bond donors (Lipinski definition) is 2. The lowest BCUT2D eigenvalue weighted by atomic mass is 10.3. The van der Waals surface area contributed by atoms with Gasteiger partial charge in [0, 0.05) is 11.4 Å². The zero-order valence-corrected chi connectivity index (χ0v) is 13.7. The molecule has 1 aromatic heterocycles. The zero-order chi connectivity index (χ0) is 14.8. The molecule has 0 fully saturated rings. The maximum Gasteiger partial charge on any atom is 0.263 e. The molecule has 2 aromatic rings. The van der Waals surface area contributed by atoms with Gasteiger partial charge in [0.05, 0.1) is 10.2 Å². The molecule has 0 radical (unpaired) electrons. The molecule has 0 unspecified atom stereocenters. The SMILES string of the molecule is CNCc1sccc1S(=O)(=O)Nc1ccc(F)c(Br)c1. The molecule has 0 saturated heterocycles. The molecule has 0 saturated carbocycles. The number of thiophene rings is 1. The van der Waals surface area contributed by atoms with E-state index in [1.54, 1.807) is 18.5 Å². The van der Waals surface area contributed by atoms with Gasteiger partial charge < -0.3 is 5.32 Å². The third kappa shape index (κ3) is 3.38. The van der Waals surface area contributed by atoms with Crippen LogP contribution < -0.4 is 10.0 Å². The van der Waals surface area contributed by atoms with Crippen molar-refractivity contribution in [3.8, 4) is 0 Å². The lowest BCUT2D eigenvalue weighted by molar-refractivity contribution is 0.599. The first-order chi connectivity index (χ1) is 9.44. The van der Waals surface area contributed by atoms with E-state index in [2.05, 4.69) is 26.0 Å². The molecule has 8 heteroatoms. The summed E-state index contributed by atoms with van der Waals surface area (Å²) < 4.78 is 40.4. The molecule has 0 atom stereocenters. The van der Waals surface area contributed by atoms with E-state index >= 15 is 0 Å². The van der Waals surface area contributed by atoms with Gasteiger partial charge in [0.1, 0.15) is 10.7 Å². The van der Waals surface area contributed by atoms with Crippen molar-refractivity contribution in [1.29, 1.82) is 0 Å². The van der Waals surface area contributed by atoms with Crippen LogP contribution >= 0.6 is 27.3 Å². The quantitative estimate of drug-likeness (QED) is 0.839. The Morgan fingerprint density at radius 2 is 2.10 bits per heavy atom. The second kappa shape index (κ2) is 6.21. The Bertz CT molecular complexity index is 716. The molecule has 20 heavy (non-hydrogen) atoms. The number of benzene rings is 1. The second-order valence-corrected chi connectivity index (χ2v) is 7.48. The Morgan fingerprint density at radius 1 is 1.35 bits per heavy atom. The summed E-state index contributed by atoms with van der Waals surface area (Å²) in [6, 6.07) is 5.51. The number of hydrogen-bond acceptors (Lipinski definition) is 4. The number of rotatable bonds is 5. The zero-order valence-electron chi connectivity index (χ0n) is 10.5. The van der Waals surface area contributed by atoms with Crippen molar-refractivity contribution in [3.63, 3.8) is 0 Å². The molecule has 0 spiro atoms. The van der Waals surface area contributed by atoms with Crippen LogP contribution in [-0.2, 0) is 16.6 Å². The first-order valence-corrected chi connectivity index (χ1v) is 8.78. The Balaban J connectivity index is 2.30. The average molecular weight is 379 g/mol. The van der Waals surface area contributed by atoms with Crippen LogP contribution in [0.4, 0.5) is 10.1 Å². The molecule has 0 aliphatic rings. The Labute approximate surface area is 129 Å². The summed E-state index contributed by atoms with van der Waals surface area (Å²) in [5.74, 6) is -0.445. The first kappa shape index (κ1) is 15.4. The van der Waals surface area contributed by atoms with Crippen LogP contribution in [0, 0.1) is 5.82 Å². The number of sulfonamides is 1. The van der Waals surface area contributed by atoms with Gasteiger partial charge in [-0.05, 0) is 52.6 Å². The third-order valence-electron chi connectivity index (χ3n) is 2.50. The molecule has 0 aliphatic heterocycles. The third-order valence-corrected chi connectivity index (χ3v) is 5.63. The molecule has 2 rings (SSSR count). The minimum Gasteiger partial charge on any atom is -0.315 e. The van der Waals surface area contributed by atoms with Crippen LogP contribution in [0.15, 0.2) is 39.0 Å². The highest BCUT2D eigenvalue weighted by atomic mass is 79.9. The minimum absolute atomic E-state index is 0.207. The highest BCUT2D eigenvalue weighted by molar-refractivity contribution is 9.10. The summed E-state index contributed by atoms with van der Waals surface area (Å²) in [5.41, 5.74) is 0.305. The summed E-state index contributed by atoms with van der Waals surface area (Å²) in [5, 5.41) is 4.65. The summed E-state index contributed by atoms with van der Waals surface area (Å²) >= 11 is 4.39. The smallest absolute Gasteiger partial charge is 0.263 e. The molecule has 1 aromatic carbocycles. The van der Waals surface area contributed by atoms with Gasteiger partial charge in [0.15, 0.2) is 0 Å². The number of halogens is 2. The van der Waals surface area contributed by atoms with Crippen molar-refractivity contribution < 1.29 is 12.8 Å². The van der Waals surface area contributed by atoms with Gasteiger partial charge in [-0.1, -0.05) is 0 Å². The van der Waals surface area contributed by atoms with Crippen molar-refractivity contribution in [1.82, 2.24) is 5.32 Å². The molecular weight excluding hydrogens is 367 g/mol. The monoisotopic (exact) mass is 378 g/mol.